The molecule has 1 saturated heterocycles. The highest BCUT2D eigenvalue weighted by molar-refractivity contribution is 9.09. The van der Waals surface area contributed by atoms with Crippen LogP contribution in [0.5, 0.6) is 0 Å². The standard InChI is InChI=1S/C6H12BrO3P/c1-9-11(8)4-2-3-6(5-7)10-11/h6H,2-5H2,1H3/t6-,11?/m0/s1. The Morgan fingerprint density at radius 2 is 2.55 bits per heavy atom. The molecule has 66 valence electrons. The second-order valence-electron chi connectivity index (χ2n) is 2.54. The minimum atomic E-state index is -2.70. The predicted molar refractivity (Wildman–Crippen MR) is 46.7 cm³/mol. The molecule has 0 N–H and O–H groups in total. The summed E-state index contributed by atoms with van der Waals surface area (Å²) >= 11 is 3.29. The highest BCUT2D eigenvalue weighted by Gasteiger charge is 2.36. The van der Waals surface area contributed by atoms with Crippen molar-refractivity contribution in [2.75, 3.05) is 18.6 Å². The molecule has 1 unspecified atom stereocenters. The van der Waals surface area contributed by atoms with E-state index < -0.39 is 7.94 Å². The molecule has 0 spiro atoms. The van der Waals surface area contributed by atoms with Gasteiger partial charge in [0.2, 0.25) is 7.94 Å². The van der Waals surface area contributed by atoms with Crippen molar-refractivity contribution in [3.8, 4) is 0 Å². The number of halogens is 1. The Balaban J connectivity index is 2.44. The highest BCUT2D eigenvalue weighted by atomic mass is 79.9. The second kappa shape index (κ2) is 4.15. The number of rotatable bonds is 2. The van der Waals surface area contributed by atoms with E-state index in [1.54, 1.807) is 0 Å². The van der Waals surface area contributed by atoms with E-state index in [1.165, 1.54) is 7.11 Å². The Labute approximate surface area is 75.8 Å². The Kier molecular flexibility index (Phi) is 3.72. The molecule has 0 aliphatic carbocycles. The fraction of sp³-hybridized carbons (Fsp3) is 1.00. The van der Waals surface area contributed by atoms with Gasteiger partial charge in [-0.2, -0.15) is 0 Å². The third-order valence-corrected chi connectivity index (χ3v) is 4.48. The van der Waals surface area contributed by atoms with Gasteiger partial charge in [0.05, 0.1) is 7.11 Å². The molecule has 0 radical (unpaired) electrons. The topological polar surface area (TPSA) is 41.5 Å². The minimum Gasteiger partial charge on any atom is -0.631 e. The van der Waals surface area contributed by atoms with Gasteiger partial charge in [0.1, 0.15) is 12.3 Å². The zero-order chi connectivity index (χ0) is 8.32. The van der Waals surface area contributed by atoms with Crippen molar-refractivity contribution in [1.29, 1.82) is 0 Å². The summed E-state index contributed by atoms with van der Waals surface area (Å²) in [5, 5.41) is 0.736. The van der Waals surface area contributed by atoms with Crippen LogP contribution in [0.4, 0.5) is 0 Å². The van der Waals surface area contributed by atoms with Gasteiger partial charge in [-0.15, -0.1) is 0 Å². The van der Waals surface area contributed by atoms with Crippen LogP contribution in [0, 0.1) is 0 Å². The molecule has 3 nitrogen and oxygen atoms in total. The van der Waals surface area contributed by atoms with E-state index in [1.807, 2.05) is 0 Å². The summed E-state index contributed by atoms with van der Waals surface area (Å²) < 4.78 is 10.1. The van der Waals surface area contributed by atoms with Crippen molar-refractivity contribution in [2.24, 2.45) is 0 Å². The summed E-state index contributed by atoms with van der Waals surface area (Å²) in [6, 6.07) is 0. The molecule has 5 heteroatoms. The summed E-state index contributed by atoms with van der Waals surface area (Å²) in [6.07, 6.45) is 2.53. The Hall–Kier alpha value is 0.790. The van der Waals surface area contributed by atoms with Crippen LogP contribution in [0.3, 0.4) is 0 Å². The maximum atomic E-state index is 11.5. The normalized spacial score (nSPS) is 39.0. The molecule has 0 aromatic heterocycles. The van der Waals surface area contributed by atoms with E-state index in [9.17, 15) is 4.89 Å². The SMILES string of the molecule is CO[P+]1([O-])CCC[C@@H](CBr)O1. The molecule has 11 heavy (non-hydrogen) atoms. The average molecular weight is 243 g/mol. The maximum Gasteiger partial charge on any atom is 0.237 e. The molecule has 0 aromatic carbocycles. The van der Waals surface area contributed by atoms with Crippen molar-refractivity contribution in [3.05, 3.63) is 0 Å². The van der Waals surface area contributed by atoms with Gasteiger partial charge in [-0.05, 0) is 12.8 Å². The van der Waals surface area contributed by atoms with Gasteiger partial charge in [-0.1, -0.05) is 15.9 Å². The van der Waals surface area contributed by atoms with E-state index in [-0.39, 0.29) is 6.10 Å². The Bertz CT molecular complexity index is 135. The first-order chi connectivity index (χ1) is 5.20. The number of alkyl halides is 1. The lowest BCUT2D eigenvalue weighted by Crippen LogP contribution is -2.29. The van der Waals surface area contributed by atoms with Crippen LogP contribution in [-0.4, -0.2) is 24.7 Å². The molecule has 0 aromatic rings. The summed E-state index contributed by atoms with van der Waals surface area (Å²) in [7, 11) is -1.26. The second-order valence-corrected chi connectivity index (χ2v) is 5.43. The van der Waals surface area contributed by atoms with Gasteiger partial charge in [-0.3, -0.25) is 0 Å². The summed E-state index contributed by atoms with van der Waals surface area (Å²) in [5.41, 5.74) is 0. The van der Waals surface area contributed by atoms with Crippen molar-refractivity contribution < 1.29 is 13.9 Å². The third-order valence-electron chi connectivity index (χ3n) is 1.72. The molecular weight excluding hydrogens is 231 g/mol. The zero-order valence-electron chi connectivity index (χ0n) is 6.46. The van der Waals surface area contributed by atoms with Crippen LogP contribution in [-0.2, 0) is 9.05 Å². The van der Waals surface area contributed by atoms with Gasteiger partial charge in [0.15, 0.2) is 0 Å². The van der Waals surface area contributed by atoms with Crippen molar-refractivity contribution >= 4 is 23.9 Å². The van der Waals surface area contributed by atoms with Crippen molar-refractivity contribution in [2.45, 2.75) is 18.9 Å². The third kappa shape index (κ3) is 2.63. The highest BCUT2D eigenvalue weighted by Crippen LogP contribution is 2.56. The van der Waals surface area contributed by atoms with Crippen LogP contribution in [0.15, 0.2) is 0 Å². The van der Waals surface area contributed by atoms with E-state index in [2.05, 4.69) is 15.9 Å². The van der Waals surface area contributed by atoms with E-state index in [0.29, 0.717) is 6.16 Å². The molecule has 1 heterocycles. The first-order valence-corrected chi connectivity index (χ1v) is 6.44. The van der Waals surface area contributed by atoms with E-state index in [4.69, 9.17) is 9.05 Å². The van der Waals surface area contributed by atoms with Crippen molar-refractivity contribution in [3.63, 3.8) is 0 Å². The van der Waals surface area contributed by atoms with Crippen LogP contribution in [0.2, 0.25) is 0 Å². The van der Waals surface area contributed by atoms with Crippen LogP contribution in [0.1, 0.15) is 12.8 Å². The molecule has 1 aliphatic rings. The quantitative estimate of drug-likeness (QED) is 0.542. The van der Waals surface area contributed by atoms with E-state index >= 15 is 0 Å². The van der Waals surface area contributed by atoms with Gasteiger partial charge < -0.3 is 4.89 Å². The van der Waals surface area contributed by atoms with E-state index in [0.717, 1.165) is 18.2 Å². The first-order valence-electron chi connectivity index (χ1n) is 3.59. The smallest absolute Gasteiger partial charge is 0.237 e. The monoisotopic (exact) mass is 242 g/mol. The number of hydrogen-bond acceptors (Lipinski definition) is 3. The minimum absolute atomic E-state index is 0.0644. The van der Waals surface area contributed by atoms with Crippen LogP contribution >= 0.6 is 23.9 Å². The van der Waals surface area contributed by atoms with Gasteiger partial charge >= 0.3 is 0 Å². The number of hydrogen-bond donors (Lipinski definition) is 0. The molecule has 1 rings (SSSR count). The fourth-order valence-corrected chi connectivity index (χ4v) is 3.32. The first kappa shape index (κ1) is 9.87. The Morgan fingerprint density at radius 1 is 1.82 bits per heavy atom. The molecule has 1 aliphatic heterocycles. The molecule has 0 saturated carbocycles. The fourth-order valence-electron chi connectivity index (χ4n) is 1.08. The lowest BCUT2D eigenvalue weighted by molar-refractivity contribution is -0.223. The Morgan fingerprint density at radius 3 is 3.09 bits per heavy atom. The van der Waals surface area contributed by atoms with Gasteiger partial charge in [-0.25, -0.2) is 9.05 Å². The lowest BCUT2D eigenvalue weighted by atomic mass is 10.2. The predicted octanol–water partition coefficient (Wildman–Crippen LogP) is 1.33. The molecule has 2 atom stereocenters. The van der Waals surface area contributed by atoms with Crippen molar-refractivity contribution in [1.82, 2.24) is 0 Å². The van der Waals surface area contributed by atoms with Gasteiger partial charge in [0, 0.05) is 5.33 Å². The largest absolute Gasteiger partial charge is 0.631 e. The molecule has 0 amide bonds. The molecule has 0 bridgehead atoms. The molecular formula is C6H12BrO3P. The van der Waals surface area contributed by atoms with Crippen LogP contribution in [0.25, 0.3) is 0 Å². The average Bonchev–Trinajstić information content (AvgIpc) is 2.05. The summed E-state index contributed by atoms with van der Waals surface area (Å²) in [6.45, 7) is 0. The maximum absolute atomic E-state index is 11.5. The molecule has 1 fully saturated rings. The van der Waals surface area contributed by atoms with Crippen LogP contribution < -0.4 is 4.89 Å². The van der Waals surface area contributed by atoms with Gasteiger partial charge in [0.25, 0.3) is 0 Å². The summed E-state index contributed by atoms with van der Waals surface area (Å²) in [5.74, 6) is 0. The summed E-state index contributed by atoms with van der Waals surface area (Å²) in [4.78, 5) is 11.5. The lowest BCUT2D eigenvalue weighted by Gasteiger charge is -2.33. The zero-order valence-corrected chi connectivity index (χ0v) is 8.94.